The molecule has 1 N–H and O–H groups in total. The lowest BCUT2D eigenvalue weighted by atomic mass is 10.0. The first-order chi connectivity index (χ1) is 9.51. The second-order valence-electron chi connectivity index (χ2n) is 5.24. The van der Waals surface area contributed by atoms with Gasteiger partial charge in [-0.2, -0.15) is 5.10 Å². The van der Waals surface area contributed by atoms with Crippen molar-refractivity contribution in [1.29, 1.82) is 0 Å². The molecule has 0 amide bonds. The van der Waals surface area contributed by atoms with Gasteiger partial charge in [0.05, 0.1) is 10.7 Å². The Morgan fingerprint density at radius 1 is 1.20 bits per heavy atom. The van der Waals surface area contributed by atoms with E-state index in [1.165, 1.54) is 21.7 Å². The monoisotopic (exact) mass is 289 g/mol. The largest absolute Gasteiger partial charge is 0.312 e. The minimum absolute atomic E-state index is 0.356. The quantitative estimate of drug-likeness (QED) is 0.856. The maximum absolute atomic E-state index is 4.39. The van der Waals surface area contributed by atoms with Crippen LogP contribution in [0.2, 0.25) is 0 Å². The van der Waals surface area contributed by atoms with Crippen LogP contribution >= 0.6 is 11.8 Å². The topological polar surface area (TPSA) is 29.9 Å². The van der Waals surface area contributed by atoms with Gasteiger partial charge in [-0.25, -0.2) is 0 Å². The summed E-state index contributed by atoms with van der Waals surface area (Å²) in [4.78, 5) is 0. The zero-order valence-corrected chi connectivity index (χ0v) is 13.7. The van der Waals surface area contributed by atoms with E-state index in [4.69, 9.17) is 0 Å². The van der Waals surface area contributed by atoms with E-state index in [2.05, 4.69) is 48.5 Å². The Kier molecular flexibility index (Phi) is 4.89. The van der Waals surface area contributed by atoms with Crippen molar-refractivity contribution in [3.05, 3.63) is 46.6 Å². The Morgan fingerprint density at radius 3 is 2.50 bits per heavy atom. The predicted molar refractivity (Wildman–Crippen MR) is 86.4 cm³/mol. The van der Waals surface area contributed by atoms with Crippen molar-refractivity contribution in [1.82, 2.24) is 15.1 Å². The molecule has 0 saturated heterocycles. The first-order valence-electron chi connectivity index (χ1n) is 6.89. The van der Waals surface area contributed by atoms with Crippen LogP contribution in [0.25, 0.3) is 0 Å². The lowest BCUT2D eigenvalue weighted by Gasteiger charge is -2.17. The van der Waals surface area contributed by atoms with Crippen molar-refractivity contribution >= 4 is 11.8 Å². The Morgan fingerprint density at radius 2 is 1.95 bits per heavy atom. The van der Waals surface area contributed by atoms with Gasteiger partial charge in [0.1, 0.15) is 0 Å². The van der Waals surface area contributed by atoms with Gasteiger partial charge in [0.2, 0.25) is 0 Å². The van der Waals surface area contributed by atoms with Crippen molar-refractivity contribution in [2.75, 3.05) is 12.8 Å². The van der Waals surface area contributed by atoms with Gasteiger partial charge in [0.15, 0.2) is 0 Å². The second kappa shape index (κ2) is 6.46. The van der Waals surface area contributed by atoms with Crippen LogP contribution in [-0.2, 0) is 7.05 Å². The molecule has 2 rings (SSSR count). The Bertz CT molecular complexity index is 589. The molecule has 1 atom stereocenters. The first kappa shape index (κ1) is 15.1. The molecule has 0 radical (unpaired) electrons. The number of benzene rings is 1. The number of aromatic nitrogens is 2. The van der Waals surface area contributed by atoms with Crippen LogP contribution in [0, 0.1) is 20.8 Å². The third-order valence-electron chi connectivity index (χ3n) is 3.64. The zero-order valence-electron chi connectivity index (χ0n) is 12.9. The molecule has 3 nitrogen and oxygen atoms in total. The van der Waals surface area contributed by atoms with Gasteiger partial charge >= 0.3 is 0 Å². The van der Waals surface area contributed by atoms with Gasteiger partial charge in [-0.1, -0.05) is 18.2 Å². The van der Waals surface area contributed by atoms with Crippen LogP contribution in [0.5, 0.6) is 0 Å². The van der Waals surface area contributed by atoms with Gasteiger partial charge < -0.3 is 5.32 Å². The molecule has 0 saturated carbocycles. The normalized spacial score (nSPS) is 12.7. The number of rotatable bonds is 5. The summed E-state index contributed by atoms with van der Waals surface area (Å²) >= 11 is 1.84. The average Bonchev–Trinajstić information content (AvgIpc) is 2.73. The van der Waals surface area contributed by atoms with E-state index in [0.29, 0.717) is 6.04 Å². The van der Waals surface area contributed by atoms with Gasteiger partial charge in [-0.15, -0.1) is 11.8 Å². The van der Waals surface area contributed by atoms with E-state index >= 15 is 0 Å². The molecule has 4 heteroatoms. The highest BCUT2D eigenvalue weighted by Gasteiger charge is 2.12. The van der Waals surface area contributed by atoms with Crippen LogP contribution in [0.3, 0.4) is 0 Å². The van der Waals surface area contributed by atoms with Crippen LogP contribution in [0.1, 0.15) is 28.4 Å². The fraction of sp³-hybridized carbons (Fsp3) is 0.438. The van der Waals surface area contributed by atoms with Crippen molar-refractivity contribution in [3.63, 3.8) is 0 Å². The zero-order chi connectivity index (χ0) is 14.7. The standard InChI is InChI=1S/C16H23N3S/c1-11-6-7-14(8-12(11)2)15(17-4)10-20-16-9-13(3)18-19(16)5/h6-9,15,17H,10H2,1-5H3. The number of hydrogen-bond acceptors (Lipinski definition) is 3. The fourth-order valence-corrected chi connectivity index (χ4v) is 3.40. The Labute approximate surface area is 125 Å². The summed E-state index contributed by atoms with van der Waals surface area (Å²) in [6.45, 7) is 6.35. The summed E-state index contributed by atoms with van der Waals surface area (Å²) in [5, 5.41) is 9.01. The van der Waals surface area contributed by atoms with Gasteiger partial charge in [-0.05, 0) is 50.6 Å². The smallest absolute Gasteiger partial charge is 0.0939 e. The van der Waals surface area contributed by atoms with Crippen LogP contribution in [0.15, 0.2) is 29.3 Å². The number of hydrogen-bond donors (Lipinski definition) is 1. The summed E-state index contributed by atoms with van der Waals surface area (Å²) in [5.74, 6) is 0.998. The molecule has 2 aromatic rings. The number of nitrogens with one attached hydrogen (secondary N) is 1. The van der Waals surface area contributed by atoms with E-state index in [9.17, 15) is 0 Å². The molecule has 1 aromatic carbocycles. The molecule has 0 spiro atoms. The van der Waals surface area contributed by atoms with Crippen molar-refractivity contribution in [2.24, 2.45) is 7.05 Å². The lowest BCUT2D eigenvalue weighted by molar-refractivity contribution is 0.655. The summed E-state index contributed by atoms with van der Waals surface area (Å²) < 4.78 is 1.95. The first-order valence-corrected chi connectivity index (χ1v) is 7.87. The predicted octanol–water partition coefficient (Wildman–Crippen LogP) is 3.40. The highest BCUT2D eigenvalue weighted by molar-refractivity contribution is 7.99. The van der Waals surface area contributed by atoms with E-state index in [0.717, 1.165) is 11.4 Å². The average molecular weight is 289 g/mol. The van der Waals surface area contributed by atoms with Crippen molar-refractivity contribution in [2.45, 2.75) is 31.8 Å². The molecule has 0 aliphatic rings. The van der Waals surface area contributed by atoms with E-state index in [1.54, 1.807) is 0 Å². The lowest BCUT2D eigenvalue weighted by Crippen LogP contribution is -2.19. The molecule has 108 valence electrons. The highest BCUT2D eigenvalue weighted by Crippen LogP contribution is 2.26. The van der Waals surface area contributed by atoms with Crippen molar-refractivity contribution < 1.29 is 0 Å². The van der Waals surface area contributed by atoms with Crippen molar-refractivity contribution in [3.8, 4) is 0 Å². The molecule has 1 aromatic heterocycles. The molecule has 1 heterocycles. The minimum Gasteiger partial charge on any atom is -0.312 e. The molecular weight excluding hydrogens is 266 g/mol. The van der Waals surface area contributed by atoms with Gasteiger partial charge in [0, 0.05) is 18.8 Å². The maximum Gasteiger partial charge on any atom is 0.0939 e. The molecule has 20 heavy (non-hydrogen) atoms. The SMILES string of the molecule is CNC(CSc1cc(C)nn1C)c1ccc(C)c(C)c1. The number of nitrogens with zero attached hydrogens (tertiary/aromatic N) is 2. The van der Waals surface area contributed by atoms with Gasteiger partial charge in [-0.3, -0.25) is 4.68 Å². The van der Waals surface area contributed by atoms with E-state index in [1.807, 2.05) is 37.5 Å². The minimum atomic E-state index is 0.356. The van der Waals surface area contributed by atoms with E-state index < -0.39 is 0 Å². The third kappa shape index (κ3) is 3.44. The summed E-state index contributed by atoms with van der Waals surface area (Å²) in [6.07, 6.45) is 0. The highest BCUT2D eigenvalue weighted by atomic mass is 32.2. The summed E-state index contributed by atoms with van der Waals surface area (Å²) in [5.41, 5.74) is 5.12. The second-order valence-corrected chi connectivity index (χ2v) is 6.28. The maximum atomic E-state index is 4.39. The van der Waals surface area contributed by atoms with Crippen LogP contribution in [-0.4, -0.2) is 22.6 Å². The van der Waals surface area contributed by atoms with Gasteiger partial charge in [0.25, 0.3) is 0 Å². The molecule has 0 aliphatic heterocycles. The number of thioether (sulfide) groups is 1. The molecule has 0 fully saturated rings. The fourth-order valence-electron chi connectivity index (χ4n) is 2.22. The summed E-state index contributed by atoms with van der Waals surface area (Å²) in [6, 6.07) is 9.20. The molecule has 1 unspecified atom stereocenters. The van der Waals surface area contributed by atoms with Crippen LogP contribution in [0.4, 0.5) is 0 Å². The van der Waals surface area contributed by atoms with E-state index in [-0.39, 0.29) is 0 Å². The Hall–Kier alpha value is -1.26. The molecule has 0 bridgehead atoms. The molecule has 0 aliphatic carbocycles. The summed E-state index contributed by atoms with van der Waals surface area (Å²) in [7, 11) is 4.02. The number of aryl methyl sites for hydroxylation is 4. The Balaban J connectivity index is 2.09. The molecular formula is C16H23N3S. The van der Waals surface area contributed by atoms with Crippen LogP contribution < -0.4 is 5.32 Å². The third-order valence-corrected chi connectivity index (χ3v) is 4.82.